The Labute approximate surface area is 181 Å². The molecule has 164 valence electrons. The van der Waals surface area contributed by atoms with E-state index in [9.17, 15) is 5.11 Å². The zero-order chi connectivity index (χ0) is 20.9. The van der Waals surface area contributed by atoms with Gasteiger partial charge in [0.2, 0.25) is 0 Å². The summed E-state index contributed by atoms with van der Waals surface area (Å²) in [6.07, 6.45) is 5.11. The third-order valence-corrected chi connectivity index (χ3v) is 6.97. The molecule has 1 atom stereocenters. The maximum absolute atomic E-state index is 9.73. The first-order chi connectivity index (χ1) is 14.7. The fraction of sp³-hybridized carbons (Fsp3) is 0.600. The SMILES string of the molecule is CC(C)N1CCC(N2CCN(Cc3ccccc3-c3ccco3)CC2CCO)CC1. The molecule has 0 amide bonds. The second-order valence-corrected chi connectivity index (χ2v) is 9.13. The van der Waals surface area contributed by atoms with Crippen LogP contribution in [0, 0.1) is 0 Å². The van der Waals surface area contributed by atoms with Gasteiger partial charge in [0.05, 0.1) is 6.26 Å². The molecule has 2 fully saturated rings. The number of furan rings is 1. The van der Waals surface area contributed by atoms with E-state index >= 15 is 0 Å². The van der Waals surface area contributed by atoms with Crippen molar-refractivity contribution in [3.63, 3.8) is 0 Å². The summed E-state index contributed by atoms with van der Waals surface area (Å²) in [5.41, 5.74) is 2.50. The molecule has 3 heterocycles. The van der Waals surface area contributed by atoms with E-state index in [1.807, 2.05) is 12.1 Å². The van der Waals surface area contributed by atoms with E-state index in [0.717, 1.165) is 38.4 Å². The van der Waals surface area contributed by atoms with Gasteiger partial charge in [-0.25, -0.2) is 0 Å². The Kier molecular flexibility index (Phi) is 7.26. The molecular weight excluding hydrogens is 374 g/mol. The highest BCUT2D eigenvalue weighted by Gasteiger charge is 2.34. The minimum absolute atomic E-state index is 0.267. The standard InChI is InChI=1S/C25H37N3O2/c1-20(2)27-12-9-22(10-13-27)28-15-14-26(19-23(28)11-16-29)18-21-6-3-4-7-24(21)25-8-5-17-30-25/h3-8,17,20,22-23,29H,9-16,18-19H2,1-2H3. The Morgan fingerprint density at radius 3 is 2.53 bits per heavy atom. The number of hydrogen-bond donors (Lipinski definition) is 1. The molecule has 0 saturated carbocycles. The van der Waals surface area contributed by atoms with Crippen LogP contribution in [0.15, 0.2) is 47.1 Å². The lowest BCUT2D eigenvalue weighted by Crippen LogP contribution is -2.58. The first kappa shape index (κ1) is 21.6. The largest absolute Gasteiger partial charge is 0.464 e. The van der Waals surface area contributed by atoms with Gasteiger partial charge in [0.25, 0.3) is 0 Å². The first-order valence-corrected chi connectivity index (χ1v) is 11.6. The monoisotopic (exact) mass is 411 g/mol. The van der Waals surface area contributed by atoms with Crippen molar-refractivity contribution in [3.8, 4) is 11.3 Å². The van der Waals surface area contributed by atoms with E-state index in [4.69, 9.17) is 4.42 Å². The lowest BCUT2D eigenvalue weighted by molar-refractivity contribution is 0.00000345. The van der Waals surface area contributed by atoms with Crippen molar-refractivity contribution < 1.29 is 9.52 Å². The Bertz CT molecular complexity index is 768. The summed E-state index contributed by atoms with van der Waals surface area (Å²) < 4.78 is 5.67. The first-order valence-electron chi connectivity index (χ1n) is 11.6. The molecule has 1 unspecified atom stereocenters. The maximum Gasteiger partial charge on any atom is 0.134 e. The maximum atomic E-state index is 9.73. The van der Waals surface area contributed by atoms with Gasteiger partial charge >= 0.3 is 0 Å². The van der Waals surface area contributed by atoms with Crippen molar-refractivity contribution in [2.75, 3.05) is 39.3 Å². The number of likely N-dealkylation sites (tertiary alicyclic amines) is 1. The van der Waals surface area contributed by atoms with Crippen molar-refractivity contribution in [3.05, 3.63) is 48.2 Å². The van der Waals surface area contributed by atoms with Crippen LogP contribution in [0.2, 0.25) is 0 Å². The molecule has 0 radical (unpaired) electrons. The predicted molar refractivity (Wildman–Crippen MR) is 121 cm³/mol. The number of piperidine rings is 1. The number of aliphatic hydroxyl groups is 1. The summed E-state index contributed by atoms with van der Waals surface area (Å²) in [4.78, 5) is 7.87. The van der Waals surface area contributed by atoms with E-state index in [0.29, 0.717) is 18.1 Å². The van der Waals surface area contributed by atoms with Gasteiger partial charge in [-0.3, -0.25) is 9.80 Å². The van der Waals surface area contributed by atoms with E-state index in [2.05, 4.69) is 52.8 Å². The number of nitrogens with zero attached hydrogens (tertiary/aromatic N) is 3. The van der Waals surface area contributed by atoms with Gasteiger partial charge in [0, 0.05) is 56.5 Å². The molecule has 2 aromatic rings. The van der Waals surface area contributed by atoms with Gasteiger partial charge < -0.3 is 14.4 Å². The summed E-state index contributed by atoms with van der Waals surface area (Å²) in [6.45, 7) is 11.4. The molecule has 0 spiro atoms. The molecule has 0 aliphatic carbocycles. The molecule has 1 aromatic heterocycles. The number of benzene rings is 1. The van der Waals surface area contributed by atoms with Gasteiger partial charge in [0.15, 0.2) is 0 Å². The zero-order valence-corrected chi connectivity index (χ0v) is 18.5. The van der Waals surface area contributed by atoms with Crippen LogP contribution in [0.3, 0.4) is 0 Å². The van der Waals surface area contributed by atoms with Crippen molar-refractivity contribution in [2.24, 2.45) is 0 Å². The average molecular weight is 412 g/mol. The van der Waals surface area contributed by atoms with Crippen molar-refractivity contribution in [1.82, 2.24) is 14.7 Å². The topological polar surface area (TPSA) is 43.1 Å². The van der Waals surface area contributed by atoms with Crippen LogP contribution < -0.4 is 0 Å². The van der Waals surface area contributed by atoms with E-state index < -0.39 is 0 Å². The molecule has 5 nitrogen and oxygen atoms in total. The van der Waals surface area contributed by atoms with Gasteiger partial charge in [-0.05, 0) is 63.9 Å². The number of aliphatic hydroxyl groups excluding tert-OH is 1. The van der Waals surface area contributed by atoms with Gasteiger partial charge in [-0.15, -0.1) is 0 Å². The van der Waals surface area contributed by atoms with E-state index in [-0.39, 0.29) is 6.61 Å². The van der Waals surface area contributed by atoms with Crippen LogP contribution >= 0.6 is 0 Å². The molecular formula is C25H37N3O2. The highest BCUT2D eigenvalue weighted by atomic mass is 16.3. The fourth-order valence-electron chi connectivity index (χ4n) is 5.27. The molecule has 2 saturated heterocycles. The van der Waals surface area contributed by atoms with Crippen molar-refractivity contribution in [2.45, 2.75) is 57.8 Å². The van der Waals surface area contributed by atoms with Gasteiger partial charge in [0.1, 0.15) is 5.76 Å². The normalized spacial score (nSPS) is 22.7. The summed E-state index contributed by atoms with van der Waals surface area (Å²) in [6, 6.07) is 14.3. The van der Waals surface area contributed by atoms with Crippen LogP contribution in [-0.2, 0) is 6.54 Å². The molecule has 0 bridgehead atoms. The van der Waals surface area contributed by atoms with Crippen LogP contribution in [0.25, 0.3) is 11.3 Å². The minimum atomic E-state index is 0.267. The average Bonchev–Trinajstić information content (AvgIpc) is 3.29. The Balaban J connectivity index is 1.41. The Morgan fingerprint density at radius 2 is 1.83 bits per heavy atom. The van der Waals surface area contributed by atoms with Crippen molar-refractivity contribution in [1.29, 1.82) is 0 Å². The van der Waals surface area contributed by atoms with Crippen LogP contribution in [0.5, 0.6) is 0 Å². The number of piperazine rings is 1. The highest BCUT2D eigenvalue weighted by molar-refractivity contribution is 5.61. The third kappa shape index (κ3) is 4.97. The lowest BCUT2D eigenvalue weighted by atomic mass is 9.97. The quantitative estimate of drug-likeness (QED) is 0.753. The predicted octanol–water partition coefficient (Wildman–Crippen LogP) is 3.69. The molecule has 1 aromatic carbocycles. The number of hydrogen-bond acceptors (Lipinski definition) is 5. The van der Waals surface area contributed by atoms with Crippen LogP contribution in [0.4, 0.5) is 0 Å². The van der Waals surface area contributed by atoms with E-state index in [1.54, 1.807) is 6.26 Å². The van der Waals surface area contributed by atoms with Gasteiger partial charge in [-0.1, -0.05) is 24.3 Å². The molecule has 1 N–H and O–H groups in total. The summed E-state index contributed by atoms with van der Waals surface area (Å²) in [5, 5.41) is 9.73. The molecule has 4 rings (SSSR count). The van der Waals surface area contributed by atoms with Crippen LogP contribution in [0.1, 0.15) is 38.7 Å². The fourth-order valence-corrected chi connectivity index (χ4v) is 5.27. The molecule has 30 heavy (non-hydrogen) atoms. The van der Waals surface area contributed by atoms with E-state index in [1.165, 1.54) is 37.1 Å². The molecule has 2 aliphatic rings. The smallest absolute Gasteiger partial charge is 0.134 e. The third-order valence-electron chi connectivity index (χ3n) is 6.97. The molecule has 5 heteroatoms. The van der Waals surface area contributed by atoms with Gasteiger partial charge in [-0.2, -0.15) is 0 Å². The summed E-state index contributed by atoms with van der Waals surface area (Å²) in [5.74, 6) is 0.938. The van der Waals surface area contributed by atoms with Crippen LogP contribution in [-0.4, -0.2) is 77.3 Å². The second kappa shape index (κ2) is 10.1. The lowest BCUT2D eigenvalue weighted by Gasteiger charge is -2.48. The minimum Gasteiger partial charge on any atom is -0.464 e. The summed E-state index contributed by atoms with van der Waals surface area (Å²) in [7, 11) is 0. The Morgan fingerprint density at radius 1 is 1.03 bits per heavy atom. The summed E-state index contributed by atoms with van der Waals surface area (Å²) >= 11 is 0. The Hall–Kier alpha value is -1.66. The second-order valence-electron chi connectivity index (χ2n) is 9.13. The zero-order valence-electron chi connectivity index (χ0n) is 18.5. The van der Waals surface area contributed by atoms with Crippen molar-refractivity contribution >= 4 is 0 Å². The molecule has 2 aliphatic heterocycles. The highest BCUT2D eigenvalue weighted by Crippen LogP contribution is 2.28. The number of rotatable bonds is 7.